The normalized spacial score (nSPS) is 10.8. The molecule has 6 heteroatoms. The maximum absolute atomic E-state index is 11.9. The summed E-state index contributed by atoms with van der Waals surface area (Å²) in [6, 6.07) is 21.7. The molecule has 2 aromatic carbocycles. The quantitative estimate of drug-likeness (QED) is 0.154. The van der Waals surface area contributed by atoms with Crippen molar-refractivity contribution in [3.05, 3.63) is 101 Å². The largest absolute Gasteiger partial charge is 0.465 e. The summed E-state index contributed by atoms with van der Waals surface area (Å²) in [6.45, 7) is 1.04. The van der Waals surface area contributed by atoms with Gasteiger partial charge in [0, 0.05) is 19.3 Å². The number of allylic oxidation sites excluding steroid dienone is 2. The molecule has 2 aromatic rings. The molecule has 0 aliphatic rings. The van der Waals surface area contributed by atoms with E-state index in [4.69, 9.17) is 0 Å². The molecule has 0 N–H and O–H groups in total. The Balaban J connectivity index is 2.33. The molecule has 0 amide bonds. The Morgan fingerprint density at radius 2 is 1.55 bits per heavy atom. The predicted molar refractivity (Wildman–Crippen MR) is 118 cm³/mol. The number of ether oxygens (including phenoxy) is 2. The van der Waals surface area contributed by atoms with Gasteiger partial charge in [-0.2, -0.15) is 5.26 Å². The van der Waals surface area contributed by atoms with E-state index in [9.17, 15) is 14.9 Å². The van der Waals surface area contributed by atoms with E-state index in [1.54, 1.807) is 6.20 Å². The number of methoxy groups -OCH3 is 2. The van der Waals surface area contributed by atoms with Crippen LogP contribution in [0.2, 0.25) is 0 Å². The van der Waals surface area contributed by atoms with Gasteiger partial charge >= 0.3 is 11.9 Å². The minimum Gasteiger partial charge on any atom is -0.465 e. The van der Waals surface area contributed by atoms with Crippen LogP contribution in [0, 0.1) is 11.3 Å². The van der Waals surface area contributed by atoms with Crippen molar-refractivity contribution in [2.75, 3.05) is 20.8 Å². The molecular weight excluding hydrogens is 392 g/mol. The monoisotopic (exact) mass is 416 g/mol. The zero-order valence-electron chi connectivity index (χ0n) is 17.5. The standard InChI is InChI=1S/C25H24N2O4/c1-30-24(28)23(25(29)31-2)16-22(17-26)19-27(18-21-12-7-4-8-13-21)15-9-14-20-10-5-3-6-11-20/h3-14,16,19H,15,18H2,1-2H3/b14-9+,22-19+. The fraction of sp³-hybridized carbons (Fsp3) is 0.160. The molecule has 0 saturated carbocycles. The van der Waals surface area contributed by atoms with Crippen molar-refractivity contribution in [2.45, 2.75) is 6.54 Å². The molecule has 0 radical (unpaired) electrons. The number of benzene rings is 2. The summed E-state index contributed by atoms with van der Waals surface area (Å²) in [5.41, 5.74) is 1.88. The number of esters is 2. The number of nitrogens with zero attached hydrogens (tertiary/aromatic N) is 2. The first-order valence-electron chi connectivity index (χ1n) is 9.57. The summed E-state index contributed by atoms with van der Waals surface area (Å²) in [6.07, 6.45) is 6.75. The maximum Gasteiger partial charge on any atom is 0.345 e. The highest BCUT2D eigenvalue weighted by molar-refractivity contribution is 6.14. The zero-order chi connectivity index (χ0) is 22.5. The minimum absolute atomic E-state index is 0.120. The first kappa shape index (κ1) is 23.2. The van der Waals surface area contributed by atoms with Gasteiger partial charge in [-0.25, -0.2) is 9.59 Å². The second-order valence-corrected chi connectivity index (χ2v) is 6.47. The number of rotatable bonds is 9. The molecule has 0 atom stereocenters. The lowest BCUT2D eigenvalue weighted by Crippen LogP contribution is -2.18. The van der Waals surface area contributed by atoms with Crippen molar-refractivity contribution in [1.82, 2.24) is 4.90 Å². The van der Waals surface area contributed by atoms with E-state index in [0.717, 1.165) is 25.3 Å². The van der Waals surface area contributed by atoms with Crippen LogP contribution in [0.25, 0.3) is 6.08 Å². The van der Waals surface area contributed by atoms with E-state index < -0.39 is 11.9 Å². The predicted octanol–water partition coefficient (Wildman–Crippen LogP) is 3.88. The third-order valence-corrected chi connectivity index (χ3v) is 4.24. The van der Waals surface area contributed by atoms with Crippen molar-refractivity contribution in [2.24, 2.45) is 0 Å². The van der Waals surface area contributed by atoms with Crippen LogP contribution in [-0.4, -0.2) is 37.6 Å². The highest BCUT2D eigenvalue weighted by Gasteiger charge is 2.20. The lowest BCUT2D eigenvalue weighted by molar-refractivity contribution is -0.144. The summed E-state index contributed by atoms with van der Waals surface area (Å²) < 4.78 is 9.25. The van der Waals surface area contributed by atoms with Crippen LogP contribution in [0.15, 0.2) is 90.2 Å². The molecule has 0 aliphatic heterocycles. The lowest BCUT2D eigenvalue weighted by atomic mass is 10.1. The minimum atomic E-state index is -0.869. The smallest absolute Gasteiger partial charge is 0.345 e. The van der Waals surface area contributed by atoms with E-state index in [2.05, 4.69) is 9.47 Å². The fourth-order valence-corrected chi connectivity index (χ4v) is 2.74. The van der Waals surface area contributed by atoms with Gasteiger partial charge in [-0.1, -0.05) is 72.8 Å². The Labute approximate surface area is 182 Å². The van der Waals surface area contributed by atoms with Crippen LogP contribution >= 0.6 is 0 Å². The third-order valence-electron chi connectivity index (χ3n) is 4.24. The van der Waals surface area contributed by atoms with Crippen molar-refractivity contribution in [3.63, 3.8) is 0 Å². The molecule has 0 unspecified atom stereocenters. The summed E-state index contributed by atoms with van der Waals surface area (Å²) >= 11 is 0. The first-order valence-corrected chi connectivity index (χ1v) is 9.57. The highest BCUT2D eigenvalue weighted by Crippen LogP contribution is 2.12. The van der Waals surface area contributed by atoms with Gasteiger partial charge in [-0.3, -0.25) is 0 Å². The second-order valence-electron chi connectivity index (χ2n) is 6.47. The van der Waals surface area contributed by atoms with Crippen molar-refractivity contribution >= 4 is 18.0 Å². The summed E-state index contributed by atoms with van der Waals surface area (Å²) in [4.78, 5) is 25.7. The number of hydrogen-bond acceptors (Lipinski definition) is 6. The summed E-state index contributed by atoms with van der Waals surface area (Å²) in [5.74, 6) is -1.74. The van der Waals surface area contributed by atoms with Crippen molar-refractivity contribution in [3.8, 4) is 6.07 Å². The van der Waals surface area contributed by atoms with Gasteiger partial charge in [0.15, 0.2) is 0 Å². The molecule has 0 saturated heterocycles. The molecule has 31 heavy (non-hydrogen) atoms. The third kappa shape index (κ3) is 7.67. The molecule has 0 fully saturated rings. The SMILES string of the molecule is COC(=O)C(=C/C(C#N)=C\N(C/C=C/c1ccccc1)Cc1ccccc1)C(=O)OC. The van der Waals surface area contributed by atoms with Crippen molar-refractivity contribution in [1.29, 1.82) is 5.26 Å². The Kier molecular flexibility index (Phi) is 9.31. The van der Waals surface area contributed by atoms with Crippen LogP contribution < -0.4 is 0 Å². The summed E-state index contributed by atoms with van der Waals surface area (Å²) in [7, 11) is 2.32. The average molecular weight is 416 g/mol. The van der Waals surface area contributed by atoms with Crippen LogP contribution in [0.4, 0.5) is 0 Å². The topological polar surface area (TPSA) is 79.6 Å². The van der Waals surface area contributed by atoms with Gasteiger partial charge in [-0.05, 0) is 17.2 Å². The van der Waals surface area contributed by atoms with Crippen LogP contribution in [-0.2, 0) is 25.6 Å². The number of nitriles is 1. The van der Waals surface area contributed by atoms with Gasteiger partial charge in [0.1, 0.15) is 11.6 Å². The molecule has 0 heterocycles. The Bertz CT molecular complexity index is 985. The van der Waals surface area contributed by atoms with E-state index >= 15 is 0 Å². The van der Waals surface area contributed by atoms with Gasteiger partial charge in [0.2, 0.25) is 0 Å². The Hall–Kier alpha value is -4.11. The van der Waals surface area contributed by atoms with Gasteiger partial charge in [0.25, 0.3) is 0 Å². The van der Waals surface area contributed by atoms with Gasteiger partial charge in [0.05, 0.1) is 19.8 Å². The Morgan fingerprint density at radius 1 is 0.968 bits per heavy atom. The van der Waals surface area contributed by atoms with Crippen molar-refractivity contribution < 1.29 is 19.1 Å². The number of carbonyl (C=O) groups excluding carboxylic acids is 2. The van der Waals surface area contributed by atoms with Gasteiger partial charge in [-0.15, -0.1) is 0 Å². The molecule has 0 aliphatic carbocycles. The molecule has 0 aromatic heterocycles. The highest BCUT2D eigenvalue weighted by atomic mass is 16.5. The average Bonchev–Trinajstić information content (AvgIpc) is 2.81. The number of carbonyl (C=O) groups is 2. The van der Waals surface area contributed by atoms with E-state index in [1.165, 1.54) is 6.08 Å². The van der Waals surface area contributed by atoms with Crippen LogP contribution in [0.5, 0.6) is 0 Å². The van der Waals surface area contributed by atoms with E-state index in [0.29, 0.717) is 13.1 Å². The van der Waals surface area contributed by atoms with Gasteiger partial charge < -0.3 is 14.4 Å². The van der Waals surface area contributed by atoms with E-state index in [-0.39, 0.29) is 11.1 Å². The number of hydrogen-bond donors (Lipinski definition) is 0. The zero-order valence-corrected chi connectivity index (χ0v) is 17.5. The molecule has 0 bridgehead atoms. The Morgan fingerprint density at radius 3 is 2.10 bits per heavy atom. The molecular formula is C25H24N2O4. The lowest BCUT2D eigenvalue weighted by Gasteiger charge is -2.19. The molecule has 158 valence electrons. The molecule has 0 spiro atoms. The molecule has 6 nitrogen and oxygen atoms in total. The fourth-order valence-electron chi connectivity index (χ4n) is 2.74. The van der Waals surface area contributed by atoms with Crippen LogP contribution in [0.1, 0.15) is 11.1 Å². The molecule has 2 rings (SSSR count). The first-order chi connectivity index (χ1) is 15.1. The van der Waals surface area contributed by atoms with Crippen LogP contribution in [0.3, 0.4) is 0 Å². The van der Waals surface area contributed by atoms with E-state index in [1.807, 2.05) is 83.8 Å². The second kappa shape index (κ2) is 12.5. The maximum atomic E-state index is 11.9. The summed E-state index contributed by atoms with van der Waals surface area (Å²) in [5, 5.41) is 9.59.